The number of rotatable bonds is 8. The molecule has 0 spiro atoms. The zero-order valence-corrected chi connectivity index (χ0v) is 12.9. The molecule has 0 saturated carbocycles. The zero-order chi connectivity index (χ0) is 15.7. The lowest BCUT2D eigenvalue weighted by atomic mass is 9.99. The Morgan fingerprint density at radius 1 is 1.29 bits per heavy atom. The van der Waals surface area contributed by atoms with Gasteiger partial charge < -0.3 is 14.6 Å². The number of esters is 1. The van der Waals surface area contributed by atoms with Crippen LogP contribution in [0.1, 0.15) is 25.8 Å². The van der Waals surface area contributed by atoms with Crippen LogP contribution in [0.3, 0.4) is 0 Å². The first-order valence-corrected chi connectivity index (χ1v) is 7.12. The SMILES string of the molecule is COC(=O)/C=C/C[C@H](O)[C@H](OCc1ccccc1)C(C)C. The highest BCUT2D eigenvalue weighted by Gasteiger charge is 2.22. The van der Waals surface area contributed by atoms with Crippen molar-refractivity contribution in [2.24, 2.45) is 5.92 Å². The summed E-state index contributed by atoms with van der Waals surface area (Å²) in [6, 6.07) is 9.84. The van der Waals surface area contributed by atoms with E-state index in [1.54, 1.807) is 6.08 Å². The predicted octanol–water partition coefficient (Wildman–Crippen LogP) is 2.71. The van der Waals surface area contributed by atoms with Gasteiger partial charge in [0.05, 0.1) is 25.9 Å². The Morgan fingerprint density at radius 2 is 1.95 bits per heavy atom. The van der Waals surface area contributed by atoms with Crippen LogP contribution >= 0.6 is 0 Å². The molecule has 0 amide bonds. The molecular formula is C17H24O4. The number of hydrogen-bond acceptors (Lipinski definition) is 4. The predicted molar refractivity (Wildman–Crippen MR) is 81.6 cm³/mol. The highest BCUT2D eigenvalue weighted by atomic mass is 16.5. The van der Waals surface area contributed by atoms with Crippen molar-refractivity contribution in [1.29, 1.82) is 0 Å². The Hall–Kier alpha value is -1.65. The van der Waals surface area contributed by atoms with E-state index in [0.29, 0.717) is 13.0 Å². The van der Waals surface area contributed by atoms with Crippen LogP contribution in [0.4, 0.5) is 0 Å². The summed E-state index contributed by atoms with van der Waals surface area (Å²) in [5.74, 6) is -0.247. The molecule has 0 saturated heterocycles. The highest BCUT2D eigenvalue weighted by molar-refractivity contribution is 5.81. The minimum absolute atomic E-state index is 0.176. The average molecular weight is 292 g/mol. The van der Waals surface area contributed by atoms with E-state index < -0.39 is 12.1 Å². The number of ether oxygens (including phenoxy) is 2. The molecule has 21 heavy (non-hydrogen) atoms. The molecule has 0 aliphatic carbocycles. The summed E-state index contributed by atoms with van der Waals surface area (Å²) in [4.78, 5) is 11.0. The smallest absolute Gasteiger partial charge is 0.330 e. The van der Waals surface area contributed by atoms with Gasteiger partial charge in [-0.05, 0) is 17.9 Å². The van der Waals surface area contributed by atoms with Crippen LogP contribution in [0.5, 0.6) is 0 Å². The maximum atomic E-state index is 11.0. The van der Waals surface area contributed by atoms with Gasteiger partial charge in [-0.25, -0.2) is 4.79 Å². The maximum Gasteiger partial charge on any atom is 0.330 e. The van der Waals surface area contributed by atoms with Crippen molar-refractivity contribution in [2.45, 2.75) is 39.1 Å². The number of carbonyl (C=O) groups is 1. The largest absolute Gasteiger partial charge is 0.466 e. The van der Waals surface area contributed by atoms with Crippen molar-refractivity contribution in [3.63, 3.8) is 0 Å². The van der Waals surface area contributed by atoms with Gasteiger partial charge in [0.25, 0.3) is 0 Å². The molecule has 0 bridgehead atoms. The first kappa shape index (κ1) is 17.4. The number of hydrogen-bond donors (Lipinski definition) is 1. The van der Waals surface area contributed by atoms with E-state index in [0.717, 1.165) is 5.56 Å². The van der Waals surface area contributed by atoms with E-state index in [4.69, 9.17) is 4.74 Å². The summed E-state index contributed by atoms with van der Waals surface area (Å²) < 4.78 is 10.3. The second kappa shape index (κ2) is 9.32. The third-order valence-electron chi connectivity index (χ3n) is 3.15. The monoisotopic (exact) mass is 292 g/mol. The molecule has 116 valence electrons. The molecule has 0 radical (unpaired) electrons. The third kappa shape index (κ3) is 6.56. The van der Waals surface area contributed by atoms with Crippen LogP contribution in [0.25, 0.3) is 0 Å². The van der Waals surface area contributed by atoms with Crippen LogP contribution in [0, 0.1) is 5.92 Å². The summed E-state index contributed by atoms with van der Waals surface area (Å²) in [6.45, 7) is 4.47. The molecule has 0 heterocycles. The van der Waals surface area contributed by atoms with E-state index in [1.165, 1.54) is 13.2 Å². The third-order valence-corrected chi connectivity index (χ3v) is 3.15. The molecule has 1 rings (SSSR count). The van der Waals surface area contributed by atoms with Crippen LogP contribution in [-0.2, 0) is 20.9 Å². The van der Waals surface area contributed by atoms with E-state index in [9.17, 15) is 9.90 Å². The molecule has 0 unspecified atom stereocenters. The van der Waals surface area contributed by atoms with Crippen molar-refractivity contribution < 1.29 is 19.4 Å². The first-order chi connectivity index (χ1) is 10.0. The second-order valence-corrected chi connectivity index (χ2v) is 5.23. The zero-order valence-electron chi connectivity index (χ0n) is 12.9. The fraction of sp³-hybridized carbons (Fsp3) is 0.471. The topological polar surface area (TPSA) is 55.8 Å². The van der Waals surface area contributed by atoms with Crippen molar-refractivity contribution in [3.8, 4) is 0 Å². The number of aliphatic hydroxyl groups excluding tert-OH is 1. The van der Waals surface area contributed by atoms with Gasteiger partial charge in [0.15, 0.2) is 0 Å². The van der Waals surface area contributed by atoms with Crippen LogP contribution in [0.15, 0.2) is 42.5 Å². The maximum absolute atomic E-state index is 11.0. The Kier molecular flexibility index (Phi) is 7.72. The summed E-state index contributed by atoms with van der Waals surface area (Å²) >= 11 is 0. The number of carbonyl (C=O) groups excluding carboxylic acids is 1. The van der Waals surface area contributed by atoms with Crippen LogP contribution in [0.2, 0.25) is 0 Å². The Balaban J connectivity index is 2.52. The van der Waals surface area contributed by atoms with Crippen molar-refractivity contribution in [2.75, 3.05) is 7.11 Å². The average Bonchev–Trinajstić information content (AvgIpc) is 2.48. The summed E-state index contributed by atoms with van der Waals surface area (Å²) in [7, 11) is 1.32. The Morgan fingerprint density at radius 3 is 2.52 bits per heavy atom. The Bertz CT molecular complexity index is 439. The number of aliphatic hydroxyl groups is 1. The molecule has 2 atom stereocenters. The van der Waals surface area contributed by atoms with Crippen LogP contribution < -0.4 is 0 Å². The fourth-order valence-corrected chi connectivity index (χ4v) is 2.02. The van der Waals surface area contributed by atoms with Crippen molar-refractivity contribution in [3.05, 3.63) is 48.0 Å². The van der Waals surface area contributed by atoms with Crippen molar-refractivity contribution in [1.82, 2.24) is 0 Å². The van der Waals surface area contributed by atoms with Gasteiger partial charge in [-0.2, -0.15) is 0 Å². The first-order valence-electron chi connectivity index (χ1n) is 7.12. The highest BCUT2D eigenvalue weighted by Crippen LogP contribution is 2.16. The summed E-state index contributed by atoms with van der Waals surface area (Å²) in [6.07, 6.45) is 2.34. The molecule has 1 aromatic rings. The number of methoxy groups -OCH3 is 1. The van der Waals surface area contributed by atoms with Gasteiger partial charge in [0.1, 0.15) is 0 Å². The minimum atomic E-state index is -0.658. The van der Waals surface area contributed by atoms with E-state index in [-0.39, 0.29) is 12.0 Å². The fourth-order valence-electron chi connectivity index (χ4n) is 2.02. The molecule has 0 fully saturated rings. The van der Waals surface area contributed by atoms with Gasteiger partial charge in [0, 0.05) is 6.08 Å². The number of benzene rings is 1. The van der Waals surface area contributed by atoms with Gasteiger partial charge in [0.2, 0.25) is 0 Å². The van der Waals surface area contributed by atoms with E-state index >= 15 is 0 Å². The lowest BCUT2D eigenvalue weighted by molar-refractivity contribution is -0.134. The Labute approximate surface area is 126 Å². The van der Waals surface area contributed by atoms with Gasteiger partial charge >= 0.3 is 5.97 Å². The molecule has 0 aromatic heterocycles. The molecular weight excluding hydrogens is 268 g/mol. The lowest BCUT2D eigenvalue weighted by Gasteiger charge is -2.26. The minimum Gasteiger partial charge on any atom is -0.466 e. The van der Waals surface area contributed by atoms with E-state index in [1.807, 2.05) is 44.2 Å². The van der Waals surface area contributed by atoms with Gasteiger partial charge in [-0.1, -0.05) is 50.3 Å². The standard InChI is InChI=1S/C17H24O4/c1-13(2)17(15(18)10-7-11-16(19)20-3)21-12-14-8-5-4-6-9-14/h4-9,11,13,15,17-18H,10,12H2,1-3H3/b11-7+/t15-,17+/m0/s1. The molecule has 0 aliphatic heterocycles. The van der Waals surface area contributed by atoms with Gasteiger partial charge in [-0.15, -0.1) is 0 Å². The lowest BCUT2D eigenvalue weighted by Crippen LogP contribution is -2.33. The van der Waals surface area contributed by atoms with Crippen molar-refractivity contribution >= 4 is 5.97 Å². The van der Waals surface area contributed by atoms with E-state index in [2.05, 4.69) is 4.74 Å². The molecule has 1 aromatic carbocycles. The summed E-state index contributed by atoms with van der Waals surface area (Å²) in [5, 5.41) is 10.2. The quantitative estimate of drug-likeness (QED) is 0.591. The van der Waals surface area contributed by atoms with Gasteiger partial charge in [-0.3, -0.25) is 0 Å². The molecule has 1 N–H and O–H groups in total. The normalized spacial score (nSPS) is 14.3. The molecule has 4 heteroatoms. The molecule has 4 nitrogen and oxygen atoms in total. The molecule has 0 aliphatic rings. The van der Waals surface area contributed by atoms with Crippen LogP contribution in [-0.4, -0.2) is 30.4 Å². The summed E-state index contributed by atoms with van der Waals surface area (Å²) in [5.41, 5.74) is 1.07. The second-order valence-electron chi connectivity index (χ2n) is 5.23.